The van der Waals surface area contributed by atoms with Crippen LogP contribution in [0.25, 0.3) is 10.9 Å². The van der Waals surface area contributed by atoms with Crippen LogP contribution in [0.15, 0.2) is 29.3 Å². The summed E-state index contributed by atoms with van der Waals surface area (Å²) in [6.07, 6.45) is 2.83. The molecule has 5 heteroatoms. The summed E-state index contributed by atoms with van der Waals surface area (Å²) >= 11 is 0. The number of H-pyrrole nitrogens is 1. The first-order valence-corrected chi connectivity index (χ1v) is 4.29. The SMILES string of the molecule is COC(=O)c1c[nH]c(=O)c2ncccc12. The highest BCUT2D eigenvalue weighted by Crippen LogP contribution is 2.12. The molecule has 0 bridgehead atoms. The molecule has 0 radical (unpaired) electrons. The van der Waals surface area contributed by atoms with Gasteiger partial charge >= 0.3 is 5.97 Å². The van der Waals surface area contributed by atoms with E-state index in [1.165, 1.54) is 19.5 Å². The molecule has 0 fully saturated rings. The van der Waals surface area contributed by atoms with Gasteiger partial charge in [-0.25, -0.2) is 4.79 Å². The molecule has 0 aliphatic rings. The fourth-order valence-electron chi connectivity index (χ4n) is 1.37. The number of aromatic amines is 1. The standard InChI is InChI=1S/C10H8N2O3/c1-15-10(14)7-5-12-9(13)8-6(7)3-2-4-11-8/h2-5H,1H3,(H,12,13). The third-order valence-electron chi connectivity index (χ3n) is 2.07. The van der Waals surface area contributed by atoms with Crippen LogP contribution in [0.3, 0.4) is 0 Å². The third-order valence-corrected chi connectivity index (χ3v) is 2.07. The number of methoxy groups -OCH3 is 1. The maximum Gasteiger partial charge on any atom is 0.340 e. The normalized spacial score (nSPS) is 10.2. The summed E-state index contributed by atoms with van der Waals surface area (Å²) < 4.78 is 4.60. The molecule has 0 amide bonds. The van der Waals surface area contributed by atoms with Gasteiger partial charge in [0.1, 0.15) is 5.52 Å². The van der Waals surface area contributed by atoms with Crippen LogP contribution in [0.4, 0.5) is 0 Å². The first-order valence-electron chi connectivity index (χ1n) is 4.29. The molecule has 2 aromatic rings. The number of hydrogen-bond donors (Lipinski definition) is 1. The van der Waals surface area contributed by atoms with E-state index in [0.29, 0.717) is 10.9 Å². The van der Waals surface area contributed by atoms with Crippen LogP contribution < -0.4 is 5.56 Å². The van der Waals surface area contributed by atoms with E-state index in [1.54, 1.807) is 12.1 Å². The van der Waals surface area contributed by atoms with Crippen LogP contribution in [0.1, 0.15) is 10.4 Å². The molecule has 76 valence electrons. The second kappa shape index (κ2) is 3.53. The van der Waals surface area contributed by atoms with Crippen LogP contribution in [0.2, 0.25) is 0 Å². The minimum absolute atomic E-state index is 0.236. The molecule has 15 heavy (non-hydrogen) atoms. The number of esters is 1. The molecule has 5 nitrogen and oxygen atoms in total. The molecule has 0 aliphatic heterocycles. The largest absolute Gasteiger partial charge is 0.465 e. The van der Waals surface area contributed by atoms with Gasteiger partial charge in [-0.2, -0.15) is 0 Å². The summed E-state index contributed by atoms with van der Waals surface area (Å²) in [4.78, 5) is 29.1. The van der Waals surface area contributed by atoms with Crippen molar-refractivity contribution >= 4 is 16.9 Å². The molecule has 1 N–H and O–H groups in total. The van der Waals surface area contributed by atoms with Gasteiger partial charge in [-0.1, -0.05) is 6.07 Å². The van der Waals surface area contributed by atoms with Gasteiger partial charge in [-0.15, -0.1) is 0 Å². The molecule has 0 aromatic carbocycles. The maximum atomic E-state index is 11.4. The van der Waals surface area contributed by atoms with Crippen LogP contribution >= 0.6 is 0 Å². The first kappa shape index (κ1) is 9.39. The number of hydrogen-bond acceptors (Lipinski definition) is 4. The number of rotatable bonds is 1. The summed E-state index contributed by atoms with van der Waals surface area (Å²) in [5.74, 6) is -0.496. The van der Waals surface area contributed by atoms with E-state index in [4.69, 9.17) is 0 Å². The van der Waals surface area contributed by atoms with Crippen molar-refractivity contribution in [3.05, 3.63) is 40.4 Å². The minimum atomic E-state index is -0.496. The van der Waals surface area contributed by atoms with Gasteiger partial charge in [0.05, 0.1) is 12.7 Å². The van der Waals surface area contributed by atoms with Gasteiger partial charge in [-0.05, 0) is 6.07 Å². The van der Waals surface area contributed by atoms with Crippen LogP contribution in [-0.4, -0.2) is 23.0 Å². The molecule has 0 spiro atoms. The number of fused-ring (bicyclic) bond motifs is 1. The first-order chi connectivity index (χ1) is 7.24. The summed E-state index contributed by atoms with van der Waals surface area (Å²) in [5.41, 5.74) is 0.221. The number of nitrogens with zero attached hydrogens (tertiary/aromatic N) is 1. The lowest BCUT2D eigenvalue weighted by molar-refractivity contribution is 0.0602. The lowest BCUT2D eigenvalue weighted by Crippen LogP contribution is -2.12. The third kappa shape index (κ3) is 1.48. The van der Waals surface area contributed by atoms with E-state index < -0.39 is 5.97 Å². The van der Waals surface area contributed by atoms with Gasteiger partial charge in [-0.3, -0.25) is 9.78 Å². The van der Waals surface area contributed by atoms with Gasteiger partial charge in [0.25, 0.3) is 5.56 Å². The Morgan fingerprint density at radius 1 is 1.53 bits per heavy atom. The molecule has 2 heterocycles. The van der Waals surface area contributed by atoms with E-state index in [0.717, 1.165) is 0 Å². The fourth-order valence-corrected chi connectivity index (χ4v) is 1.37. The number of aromatic nitrogens is 2. The lowest BCUT2D eigenvalue weighted by atomic mass is 10.1. The van der Waals surface area contributed by atoms with Crippen molar-refractivity contribution < 1.29 is 9.53 Å². The molecule has 0 saturated carbocycles. The van der Waals surface area contributed by atoms with Crippen LogP contribution in [0.5, 0.6) is 0 Å². The Balaban J connectivity index is 2.83. The van der Waals surface area contributed by atoms with Crippen LogP contribution in [0, 0.1) is 0 Å². The van der Waals surface area contributed by atoms with Crippen molar-refractivity contribution in [2.75, 3.05) is 7.11 Å². The Hall–Kier alpha value is -2.17. The highest BCUT2D eigenvalue weighted by atomic mass is 16.5. The van der Waals surface area contributed by atoms with Gasteiger partial charge in [0.2, 0.25) is 0 Å². The van der Waals surface area contributed by atoms with E-state index in [1.807, 2.05) is 0 Å². The van der Waals surface area contributed by atoms with Gasteiger partial charge in [0, 0.05) is 17.8 Å². The second-order valence-corrected chi connectivity index (χ2v) is 2.92. The fraction of sp³-hybridized carbons (Fsp3) is 0.100. The van der Waals surface area contributed by atoms with E-state index in [2.05, 4.69) is 14.7 Å². The second-order valence-electron chi connectivity index (χ2n) is 2.92. The Morgan fingerprint density at radius 3 is 3.07 bits per heavy atom. The summed E-state index contributed by atoms with van der Waals surface area (Å²) in [6.45, 7) is 0. The van der Waals surface area contributed by atoms with E-state index in [-0.39, 0.29) is 11.1 Å². The molecule has 0 unspecified atom stereocenters. The smallest absolute Gasteiger partial charge is 0.340 e. The molecule has 2 rings (SSSR count). The molecule has 2 aromatic heterocycles. The molecule has 0 aliphatic carbocycles. The highest BCUT2D eigenvalue weighted by molar-refractivity contribution is 6.02. The number of nitrogens with one attached hydrogen (secondary N) is 1. The lowest BCUT2D eigenvalue weighted by Gasteiger charge is -2.02. The van der Waals surface area contributed by atoms with Crippen molar-refractivity contribution in [1.29, 1.82) is 0 Å². The average molecular weight is 204 g/mol. The minimum Gasteiger partial charge on any atom is -0.465 e. The molecular weight excluding hydrogens is 196 g/mol. The predicted molar refractivity (Wildman–Crippen MR) is 53.7 cm³/mol. The molecular formula is C10H8N2O3. The number of pyridine rings is 2. The number of ether oxygens (including phenoxy) is 1. The van der Waals surface area contributed by atoms with E-state index in [9.17, 15) is 9.59 Å². The highest BCUT2D eigenvalue weighted by Gasteiger charge is 2.12. The Labute approximate surface area is 84.7 Å². The summed E-state index contributed by atoms with van der Waals surface area (Å²) in [7, 11) is 1.29. The predicted octanol–water partition coefficient (Wildman–Crippen LogP) is 0.710. The van der Waals surface area contributed by atoms with E-state index >= 15 is 0 Å². The molecule has 0 atom stereocenters. The zero-order chi connectivity index (χ0) is 10.8. The van der Waals surface area contributed by atoms with Gasteiger partial charge < -0.3 is 9.72 Å². The number of carbonyl (C=O) groups is 1. The quantitative estimate of drug-likeness (QED) is 0.694. The zero-order valence-corrected chi connectivity index (χ0v) is 7.98. The van der Waals surface area contributed by atoms with Crippen molar-refractivity contribution in [1.82, 2.24) is 9.97 Å². The summed E-state index contributed by atoms with van der Waals surface area (Å²) in [5, 5.41) is 0.494. The molecule has 0 saturated heterocycles. The Morgan fingerprint density at radius 2 is 2.33 bits per heavy atom. The van der Waals surface area contributed by atoms with Crippen molar-refractivity contribution in [3.8, 4) is 0 Å². The van der Waals surface area contributed by atoms with Gasteiger partial charge in [0.15, 0.2) is 0 Å². The van der Waals surface area contributed by atoms with Crippen LogP contribution in [-0.2, 0) is 4.74 Å². The maximum absolute atomic E-state index is 11.4. The van der Waals surface area contributed by atoms with Crippen molar-refractivity contribution in [2.45, 2.75) is 0 Å². The van der Waals surface area contributed by atoms with Crippen molar-refractivity contribution in [2.24, 2.45) is 0 Å². The zero-order valence-electron chi connectivity index (χ0n) is 7.98. The van der Waals surface area contributed by atoms with Crippen molar-refractivity contribution in [3.63, 3.8) is 0 Å². The average Bonchev–Trinajstić information content (AvgIpc) is 2.29. The monoisotopic (exact) mass is 204 g/mol. The Kier molecular flexibility index (Phi) is 2.21. The Bertz CT molecular complexity index is 574. The summed E-state index contributed by atoms with van der Waals surface area (Å²) in [6, 6.07) is 3.32. The topological polar surface area (TPSA) is 72.1 Å². The number of carbonyl (C=O) groups excluding carboxylic acids is 1.